The zero-order chi connectivity index (χ0) is 15.6. The molecule has 0 saturated carbocycles. The zero-order valence-corrected chi connectivity index (χ0v) is 15.1. The first-order valence-electron chi connectivity index (χ1n) is 8.78. The zero-order valence-electron chi connectivity index (χ0n) is 14.3. The lowest BCUT2D eigenvalue weighted by molar-refractivity contribution is 0.304. The Morgan fingerprint density at radius 2 is 1.78 bits per heavy atom. The summed E-state index contributed by atoms with van der Waals surface area (Å²) in [7, 11) is 0. The van der Waals surface area contributed by atoms with Gasteiger partial charge >= 0.3 is 0 Å². The maximum absolute atomic E-state index is 5.90. The van der Waals surface area contributed by atoms with Gasteiger partial charge in [-0.15, -0.1) is 12.4 Å². The highest BCUT2D eigenvalue weighted by Crippen LogP contribution is 2.24. The van der Waals surface area contributed by atoms with Gasteiger partial charge in [-0.25, -0.2) is 0 Å². The van der Waals surface area contributed by atoms with Gasteiger partial charge in [0.25, 0.3) is 0 Å². The lowest BCUT2D eigenvalue weighted by Gasteiger charge is -2.07. The normalized spacial score (nSPS) is 10.7. The number of H-pyrrole nitrogens is 1. The van der Waals surface area contributed by atoms with Gasteiger partial charge in [-0.3, -0.25) is 0 Å². The fourth-order valence-electron chi connectivity index (χ4n) is 2.86. The minimum atomic E-state index is 0. The summed E-state index contributed by atoms with van der Waals surface area (Å²) in [5.41, 5.74) is 8.10. The Bertz CT molecular complexity index is 553. The van der Waals surface area contributed by atoms with Crippen LogP contribution in [0.2, 0.25) is 0 Å². The van der Waals surface area contributed by atoms with Crippen LogP contribution >= 0.6 is 12.4 Å². The van der Waals surface area contributed by atoms with Gasteiger partial charge < -0.3 is 15.5 Å². The van der Waals surface area contributed by atoms with Crippen molar-refractivity contribution in [1.29, 1.82) is 0 Å². The third-order valence-electron chi connectivity index (χ3n) is 4.17. The number of benzene rings is 1. The van der Waals surface area contributed by atoms with Crippen LogP contribution in [0.25, 0.3) is 10.9 Å². The fourth-order valence-corrected chi connectivity index (χ4v) is 2.86. The van der Waals surface area contributed by atoms with Crippen LogP contribution in [0.15, 0.2) is 24.4 Å². The average molecular weight is 339 g/mol. The monoisotopic (exact) mass is 338 g/mol. The summed E-state index contributed by atoms with van der Waals surface area (Å²) in [5, 5.41) is 1.24. The standard InChI is InChI=1S/C19H30N2O.ClH/c1-2-3-4-5-6-7-8-13-22-17-9-10-19-18(14-17)16(11-12-20)15-21-19;/h9-10,14-15,21H,2-8,11-13,20H2,1H3;1H. The Labute approximate surface area is 146 Å². The van der Waals surface area contributed by atoms with Gasteiger partial charge in [0.2, 0.25) is 0 Å². The summed E-state index contributed by atoms with van der Waals surface area (Å²) >= 11 is 0. The Morgan fingerprint density at radius 3 is 2.52 bits per heavy atom. The quantitative estimate of drug-likeness (QED) is 0.552. The second kappa shape index (κ2) is 11.4. The molecule has 2 aromatic rings. The lowest BCUT2D eigenvalue weighted by atomic mass is 10.1. The van der Waals surface area contributed by atoms with Gasteiger partial charge in [-0.05, 0) is 43.1 Å². The maximum Gasteiger partial charge on any atom is 0.120 e. The van der Waals surface area contributed by atoms with Crippen LogP contribution in [0.3, 0.4) is 0 Å². The molecule has 3 N–H and O–H groups in total. The highest BCUT2D eigenvalue weighted by Gasteiger charge is 2.04. The smallest absolute Gasteiger partial charge is 0.120 e. The second-order valence-corrected chi connectivity index (χ2v) is 6.03. The van der Waals surface area contributed by atoms with Crippen molar-refractivity contribution in [3.8, 4) is 5.75 Å². The van der Waals surface area contributed by atoms with Crippen molar-refractivity contribution in [2.45, 2.75) is 58.3 Å². The van der Waals surface area contributed by atoms with E-state index in [2.05, 4.69) is 30.2 Å². The number of ether oxygens (including phenoxy) is 1. The van der Waals surface area contributed by atoms with Crippen molar-refractivity contribution < 1.29 is 4.74 Å². The van der Waals surface area contributed by atoms with Gasteiger partial charge in [0, 0.05) is 17.1 Å². The number of aromatic nitrogens is 1. The molecular weight excluding hydrogens is 308 g/mol. The molecule has 0 radical (unpaired) electrons. The number of fused-ring (bicyclic) bond motifs is 1. The van der Waals surface area contributed by atoms with E-state index in [1.165, 1.54) is 49.5 Å². The van der Waals surface area contributed by atoms with Crippen molar-refractivity contribution in [3.05, 3.63) is 30.0 Å². The number of halogens is 1. The van der Waals surface area contributed by atoms with Gasteiger partial charge in [0.1, 0.15) is 5.75 Å². The van der Waals surface area contributed by atoms with Crippen LogP contribution in [0.5, 0.6) is 5.75 Å². The number of unbranched alkanes of at least 4 members (excludes halogenated alkanes) is 6. The first-order valence-corrected chi connectivity index (χ1v) is 8.78. The van der Waals surface area contributed by atoms with Crippen LogP contribution in [0.4, 0.5) is 0 Å². The molecule has 4 heteroatoms. The van der Waals surface area contributed by atoms with E-state index in [0.717, 1.165) is 30.7 Å². The molecule has 0 fully saturated rings. The van der Waals surface area contributed by atoms with Crippen molar-refractivity contribution in [2.75, 3.05) is 13.2 Å². The predicted molar refractivity (Wildman–Crippen MR) is 102 cm³/mol. The van der Waals surface area contributed by atoms with Crippen LogP contribution in [0.1, 0.15) is 57.4 Å². The molecular formula is C19H31ClN2O. The van der Waals surface area contributed by atoms with E-state index < -0.39 is 0 Å². The van der Waals surface area contributed by atoms with Crippen molar-refractivity contribution in [2.24, 2.45) is 5.73 Å². The highest BCUT2D eigenvalue weighted by atomic mass is 35.5. The van der Waals surface area contributed by atoms with Gasteiger partial charge in [0.05, 0.1) is 6.61 Å². The van der Waals surface area contributed by atoms with Crippen LogP contribution in [0, 0.1) is 0 Å². The van der Waals surface area contributed by atoms with E-state index in [1.54, 1.807) is 0 Å². The summed E-state index contributed by atoms with van der Waals surface area (Å²) < 4.78 is 5.90. The van der Waals surface area contributed by atoms with Crippen molar-refractivity contribution >= 4 is 23.3 Å². The minimum Gasteiger partial charge on any atom is -0.494 e. The maximum atomic E-state index is 5.90. The predicted octanol–water partition coefficient (Wildman–Crippen LogP) is 5.22. The van der Waals surface area contributed by atoms with Gasteiger partial charge in [-0.2, -0.15) is 0 Å². The van der Waals surface area contributed by atoms with E-state index in [4.69, 9.17) is 10.5 Å². The van der Waals surface area contributed by atoms with Crippen molar-refractivity contribution in [1.82, 2.24) is 4.98 Å². The third-order valence-corrected chi connectivity index (χ3v) is 4.17. The average Bonchev–Trinajstić information content (AvgIpc) is 2.93. The highest BCUT2D eigenvalue weighted by molar-refractivity contribution is 5.85. The molecule has 0 aliphatic rings. The van der Waals surface area contributed by atoms with Crippen LogP contribution < -0.4 is 10.5 Å². The number of hydrogen-bond acceptors (Lipinski definition) is 2. The molecule has 0 aliphatic heterocycles. The molecule has 2 rings (SSSR count). The first-order chi connectivity index (χ1) is 10.8. The van der Waals surface area contributed by atoms with Gasteiger partial charge in [-0.1, -0.05) is 45.4 Å². The Morgan fingerprint density at radius 1 is 1.04 bits per heavy atom. The van der Waals surface area contributed by atoms with E-state index in [9.17, 15) is 0 Å². The summed E-state index contributed by atoms with van der Waals surface area (Å²) in [5.74, 6) is 0.969. The van der Waals surface area contributed by atoms with Crippen LogP contribution in [-0.4, -0.2) is 18.1 Å². The van der Waals surface area contributed by atoms with E-state index in [0.29, 0.717) is 6.54 Å². The second-order valence-electron chi connectivity index (χ2n) is 6.03. The Balaban J connectivity index is 0.00000264. The molecule has 0 bridgehead atoms. The van der Waals surface area contributed by atoms with E-state index in [-0.39, 0.29) is 12.4 Å². The van der Waals surface area contributed by atoms with Crippen LogP contribution in [-0.2, 0) is 6.42 Å². The number of nitrogens with two attached hydrogens (primary N) is 1. The molecule has 0 amide bonds. The Hall–Kier alpha value is -1.19. The first kappa shape index (κ1) is 19.9. The molecule has 3 nitrogen and oxygen atoms in total. The lowest BCUT2D eigenvalue weighted by Crippen LogP contribution is -2.02. The number of rotatable bonds is 11. The number of aromatic amines is 1. The SMILES string of the molecule is CCCCCCCCCOc1ccc2[nH]cc(CCN)c2c1.Cl. The minimum absolute atomic E-state index is 0. The molecule has 1 aromatic carbocycles. The number of nitrogens with one attached hydrogen (secondary N) is 1. The van der Waals surface area contributed by atoms with Gasteiger partial charge in [0.15, 0.2) is 0 Å². The Kier molecular flexibility index (Phi) is 9.81. The molecule has 0 atom stereocenters. The molecule has 0 saturated heterocycles. The molecule has 130 valence electrons. The molecule has 1 heterocycles. The summed E-state index contributed by atoms with van der Waals surface area (Å²) in [6, 6.07) is 6.28. The fraction of sp³-hybridized carbons (Fsp3) is 0.579. The third kappa shape index (κ3) is 6.44. The topological polar surface area (TPSA) is 51.0 Å². The largest absolute Gasteiger partial charge is 0.494 e. The summed E-state index contributed by atoms with van der Waals surface area (Å²) in [6.07, 6.45) is 12.1. The molecule has 1 aromatic heterocycles. The van der Waals surface area contributed by atoms with Crippen molar-refractivity contribution in [3.63, 3.8) is 0 Å². The molecule has 23 heavy (non-hydrogen) atoms. The van der Waals surface area contributed by atoms with E-state index >= 15 is 0 Å². The molecule has 0 unspecified atom stereocenters. The summed E-state index contributed by atoms with van der Waals surface area (Å²) in [4.78, 5) is 3.29. The van der Waals surface area contributed by atoms with E-state index in [1.807, 2.05) is 6.07 Å². The molecule has 0 aliphatic carbocycles. The number of hydrogen-bond donors (Lipinski definition) is 2. The molecule has 0 spiro atoms. The summed E-state index contributed by atoms with van der Waals surface area (Å²) in [6.45, 7) is 3.75.